The summed E-state index contributed by atoms with van der Waals surface area (Å²) in [5.74, 6) is -0.0652. The van der Waals surface area contributed by atoms with E-state index in [1.54, 1.807) is 30.0 Å². The number of morpholine rings is 1. The number of aryl methyl sites for hydroxylation is 2. The van der Waals surface area contributed by atoms with Crippen molar-refractivity contribution in [2.24, 2.45) is 0 Å². The molecule has 1 unspecified atom stereocenters. The Balaban J connectivity index is 1.68. The fourth-order valence-corrected chi connectivity index (χ4v) is 5.11. The number of hydrogen-bond donors (Lipinski definition) is 0. The van der Waals surface area contributed by atoms with Gasteiger partial charge in [-0.05, 0) is 19.9 Å². The van der Waals surface area contributed by atoms with Crippen LogP contribution >= 0.6 is 11.3 Å². The summed E-state index contributed by atoms with van der Waals surface area (Å²) in [6.45, 7) is 8.26. The van der Waals surface area contributed by atoms with Gasteiger partial charge in [-0.1, -0.05) is 6.07 Å². The van der Waals surface area contributed by atoms with Gasteiger partial charge in [0.15, 0.2) is 0 Å². The van der Waals surface area contributed by atoms with Gasteiger partial charge in [-0.3, -0.25) is 14.3 Å². The molecule has 8 nitrogen and oxygen atoms in total. The fraction of sp³-hybridized carbons (Fsp3) is 0.455. The zero-order valence-corrected chi connectivity index (χ0v) is 19.1. The number of hydrogen-bond acceptors (Lipinski definition) is 6. The van der Waals surface area contributed by atoms with Crippen molar-refractivity contribution in [3.05, 3.63) is 46.2 Å². The lowest BCUT2D eigenvalue weighted by Crippen LogP contribution is -2.41. The normalized spacial score (nSPS) is 16.6. The van der Waals surface area contributed by atoms with Crippen LogP contribution in [-0.4, -0.2) is 63.1 Å². The Labute approximate surface area is 185 Å². The van der Waals surface area contributed by atoms with Gasteiger partial charge in [0.05, 0.1) is 18.8 Å². The van der Waals surface area contributed by atoms with E-state index in [1.165, 1.54) is 11.3 Å². The van der Waals surface area contributed by atoms with Gasteiger partial charge in [-0.2, -0.15) is 5.10 Å². The van der Waals surface area contributed by atoms with Crippen molar-refractivity contribution in [3.63, 3.8) is 0 Å². The Morgan fingerprint density at radius 1 is 1.39 bits per heavy atom. The Hall–Kier alpha value is -2.78. The molecule has 0 N–H and O–H groups in total. The lowest BCUT2D eigenvalue weighted by Gasteiger charge is -2.33. The summed E-state index contributed by atoms with van der Waals surface area (Å²) in [4.78, 5) is 34.8. The predicted molar refractivity (Wildman–Crippen MR) is 119 cm³/mol. The molecular weight excluding hydrogens is 414 g/mol. The first kappa shape index (κ1) is 21.5. The number of carbonyl (C=O) groups is 2. The van der Waals surface area contributed by atoms with Crippen LogP contribution in [0.15, 0.2) is 24.5 Å². The number of thiophene rings is 1. The second kappa shape index (κ2) is 8.76. The summed E-state index contributed by atoms with van der Waals surface area (Å²) in [6.07, 6.45) is 3.36. The van der Waals surface area contributed by atoms with E-state index in [-0.39, 0.29) is 17.9 Å². The third-order valence-electron chi connectivity index (χ3n) is 5.66. The molecule has 0 bridgehead atoms. The molecule has 4 heterocycles. The largest absolute Gasteiger partial charge is 0.370 e. The van der Waals surface area contributed by atoms with Crippen molar-refractivity contribution in [1.29, 1.82) is 0 Å². The van der Waals surface area contributed by atoms with Gasteiger partial charge in [0, 0.05) is 62.5 Å². The molecule has 2 amide bonds. The van der Waals surface area contributed by atoms with Crippen LogP contribution in [0.2, 0.25) is 0 Å². The zero-order chi connectivity index (χ0) is 22.1. The maximum absolute atomic E-state index is 13.5. The molecule has 3 aromatic rings. The minimum atomic E-state index is -0.354. The standard InChI is InChI=1S/C22H27N5O3S/c1-5-27-12-16(14(2)24-27)11-25(4)22(29)20-19(17-7-6-8-23-21(17)31-20)18-13-26(15(3)28)9-10-30-18/h6-8,12,18H,5,9-11,13H2,1-4H3. The Morgan fingerprint density at radius 2 is 2.19 bits per heavy atom. The van der Waals surface area contributed by atoms with Gasteiger partial charge < -0.3 is 14.5 Å². The number of fused-ring (bicyclic) bond motifs is 1. The first-order valence-electron chi connectivity index (χ1n) is 10.4. The Morgan fingerprint density at radius 3 is 2.90 bits per heavy atom. The molecule has 0 spiro atoms. The smallest absolute Gasteiger partial charge is 0.264 e. The molecule has 1 fully saturated rings. The van der Waals surface area contributed by atoms with Crippen LogP contribution in [-0.2, 0) is 22.6 Å². The number of carbonyl (C=O) groups excluding carboxylic acids is 2. The lowest BCUT2D eigenvalue weighted by molar-refractivity contribution is -0.136. The minimum absolute atomic E-state index is 0.0133. The van der Waals surface area contributed by atoms with Gasteiger partial charge >= 0.3 is 0 Å². The minimum Gasteiger partial charge on any atom is -0.370 e. The molecule has 0 aromatic carbocycles. The lowest BCUT2D eigenvalue weighted by atomic mass is 10.0. The molecule has 0 radical (unpaired) electrons. The van der Waals surface area contributed by atoms with Gasteiger partial charge in [0.25, 0.3) is 5.91 Å². The molecule has 3 aromatic heterocycles. The van der Waals surface area contributed by atoms with E-state index in [0.29, 0.717) is 31.1 Å². The van der Waals surface area contributed by atoms with Crippen molar-refractivity contribution in [3.8, 4) is 0 Å². The molecule has 1 aliphatic rings. The molecule has 1 atom stereocenters. The van der Waals surface area contributed by atoms with Crippen molar-refractivity contribution in [2.75, 3.05) is 26.7 Å². The van der Waals surface area contributed by atoms with Crippen LogP contribution in [0.3, 0.4) is 0 Å². The van der Waals surface area contributed by atoms with Crippen LogP contribution < -0.4 is 0 Å². The van der Waals surface area contributed by atoms with Crippen molar-refractivity contribution >= 4 is 33.4 Å². The zero-order valence-electron chi connectivity index (χ0n) is 18.3. The second-order valence-electron chi connectivity index (χ2n) is 7.78. The van der Waals surface area contributed by atoms with E-state index in [2.05, 4.69) is 10.1 Å². The summed E-state index contributed by atoms with van der Waals surface area (Å²) >= 11 is 1.38. The van der Waals surface area contributed by atoms with E-state index in [1.807, 2.05) is 36.9 Å². The van der Waals surface area contributed by atoms with Crippen molar-refractivity contribution in [1.82, 2.24) is 24.6 Å². The monoisotopic (exact) mass is 441 g/mol. The summed E-state index contributed by atoms with van der Waals surface area (Å²) in [5, 5.41) is 5.39. The maximum Gasteiger partial charge on any atom is 0.264 e. The summed E-state index contributed by atoms with van der Waals surface area (Å²) in [6, 6.07) is 3.83. The summed E-state index contributed by atoms with van der Waals surface area (Å²) in [7, 11) is 1.80. The Bertz CT molecular complexity index is 1120. The van der Waals surface area contributed by atoms with Gasteiger partial charge in [-0.15, -0.1) is 11.3 Å². The third kappa shape index (κ3) is 4.20. The topological polar surface area (TPSA) is 80.6 Å². The van der Waals surface area contributed by atoms with Crippen molar-refractivity contribution < 1.29 is 14.3 Å². The third-order valence-corrected chi connectivity index (χ3v) is 6.78. The molecule has 0 saturated carbocycles. The highest BCUT2D eigenvalue weighted by molar-refractivity contribution is 7.20. The van der Waals surface area contributed by atoms with Crippen LogP contribution in [0.4, 0.5) is 0 Å². The average Bonchev–Trinajstić information content (AvgIpc) is 3.33. The van der Waals surface area contributed by atoms with Crippen LogP contribution in [0.5, 0.6) is 0 Å². The van der Waals surface area contributed by atoms with Crippen molar-refractivity contribution in [2.45, 2.75) is 40.0 Å². The first-order valence-corrected chi connectivity index (χ1v) is 11.2. The van der Waals surface area contributed by atoms with E-state index >= 15 is 0 Å². The van der Waals surface area contributed by atoms with E-state index in [0.717, 1.165) is 33.6 Å². The van der Waals surface area contributed by atoms with E-state index in [9.17, 15) is 9.59 Å². The Kier molecular flexibility index (Phi) is 6.06. The number of ether oxygens (including phenoxy) is 1. The van der Waals surface area contributed by atoms with Crippen LogP contribution in [0.1, 0.15) is 46.4 Å². The fourth-order valence-electron chi connectivity index (χ4n) is 3.92. The molecule has 31 heavy (non-hydrogen) atoms. The predicted octanol–water partition coefficient (Wildman–Crippen LogP) is 3.01. The summed E-state index contributed by atoms with van der Waals surface area (Å²) < 4.78 is 7.92. The highest BCUT2D eigenvalue weighted by atomic mass is 32.1. The van der Waals surface area contributed by atoms with Crippen LogP contribution in [0.25, 0.3) is 10.2 Å². The van der Waals surface area contributed by atoms with Gasteiger partial charge in [0.2, 0.25) is 5.91 Å². The number of nitrogens with zero attached hydrogens (tertiary/aromatic N) is 5. The first-order chi connectivity index (χ1) is 14.9. The summed E-state index contributed by atoms with van der Waals surface area (Å²) in [5.41, 5.74) is 2.78. The van der Waals surface area contributed by atoms with E-state index < -0.39 is 0 Å². The molecule has 9 heteroatoms. The quantitative estimate of drug-likeness (QED) is 0.608. The molecule has 4 rings (SSSR count). The molecule has 0 aliphatic carbocycles. The maximum atomic E-state index is 13.5. The van der Waals surface area contributed by atoms with Gasteiger partial charge in [0.1, 0.15) is 15.8 Å². The highest BCUT2D eigenvalue weighted by Gasteiger charge is 2.32. The highest BCUT2D eigenvalue weighted by Crippen LogP contribution is 2.38. The molecule has 164 valence electrons. The average molecular weight is 442 g/mol. The molecular formula is C22H27N5O3S. The van der Waals surface area contributed by atoms with Gasteiger partial charge in [-0.25, -0.2) is 4.98 Å². The van der Waals surface area contributed by atoms with Crippen LogP contribution in [0, 0.1) is 6.92 Å². The number of amides is 2. The second-order valence-corrected chi connectivity index (χ2v) is 8.78. The molecule has 1 saturated heterocycles. The number of aromatic nitrogens is 3. The SMILES string of the molecule is CCn1cc(CN(C)C(=O)c2sc3ncccc3c2C2CN(C(C)=O)CCO2)c(C)n1. The molecule has 1 aliphatic heterocycles. The number of pyridine rings is 1. The number of rotatable bonds is 5. The van der Waals surface area contributed by atoms with E-state index in [4.69, 9.17) is 4.74 Å².